The zero-order valence-electron chi connectivity index (χ0n) is 11.1. The van der Waals surface area contributed by atoms with E-state index in [1.807, 2.05) is 6.92 Å². The molecule has 1 fully saturated rings. The van der Waals surface area contributed by atoms with Gasteiger partial charge in [0.2, 0.25) is 5.91 Å². The lowest BCUT2D eigenvalue weighted by molar-refractivity contribution is -0.129. The Morgan fingerprint density at radius 3 is 2.74 bits per heavy atom. The van der Waals surface area contributed by atoms with Crippen molar-refractivity contribution in [2.75, 3.05) is 0 Å². The van der Waals surface area contributed by atoms with Gasteiger partial charge in [0.05, 0.1) is 22.0 Å². The van der Waals surface area contributed by atoms with Crippen molar-refractivity contribution in [1.29, 1.82) is 0 Å². The minimum atomic E-state index is -0.632. The molecule has 2 rings (SSSR count). The first-order chi connectivity index (χ1) is 9.04. The van der Waals surface area contributed by atoms with E-state index in [1.165, 1.54) is 0 Å². The van der Waals surface area contributed by atoms with Crippen LogP contribution in [0.3, 0.4) is 0 Å². The van der Waals surface area contributed by atoms with Gasteiger partial charge in [-0.15, -0.1) is 11.3 Å². The Labute approximate surface area is 122 Å². The molecule has 104 valence electrons. The molecule has 0 saturated heterocycles. The average Bonchev–Trinajstić information content (AvgIpc) is 2.82. The van der Waals surface area contributed by atoms with Crippen molar-refractivity contribution < 1.29 is 4.79 Å². The number of aryl methyl sites for hydroxylation is 1. The molecule has 1 aliphatic carbocycles. The summed E-state index contributed by atoms with van der Waals surface area (Å²) in [6, 6.07) is 0. The molecule has 1 aliphatic rings. The number of thiazole rings is 1. The van der Waals surface area contributed by atoms with Gasteiger partial charge in [0.25, 0.3) is 0 Å². The summed E-state index contributed by atoms with van der Waals surface area (Å²) in [5.41, 5.74) is 5.21. The molecule has 4 nitrogen and oxygen atoms in total. The Hall–Kier alpha value is -1.01. The van der Waals surface area contributed by atoms with Gasteiger partial charge in [0.1, 0.15) is 0 Å². The van der Waals surface area contributed by atoms with E-state index in [4.69, 9.17) is 18.0 Å². The van der Waals surface area contributed by atoms with Crippen LogP contribution in [0.5, 0.6) is 0 Å². The van der Waals surface area contributed by atoms with E-state index in [2.05, 4.69) is 10.3 Å². The van der Waals surface area contributed by atoms with Crippen LogP contribution in [0.1, 0.15) is 42.0 Å². The normalized spacial score (nSPS) is 17.9. The lowest BCUT2D eigenvalue weighted by atomic mass is 9.73. The number of aromatic nitrogens is 1. The summed E-state index contributed by atoms with van der Waals surface area (Å²) in [5.74, 6) is -0.0225. The summed E-state index contributed by atoms with van der Waals surface area (Å²) in [7, 11) is 0. The number of carbonyl (C=O) groups is 1. The quantitative estimate of drug-likeness (QED) is 0.837. The smallest absolute Gasteiger partial charge is 0.233 e. The van der Waals surface area contributed by atoms with Crippen LogP contribution in [0.15, 0.2) is 6.20 Å². The maximum Gasteiger partial charge on any atom is 0.233 e. The van der Waals surface area contributed by atoms with Crippen molar-refractivity contribution in [1.82, 2.24) is 10.3 Å². The predicted molar refractivity (Wildman–Crippen MR) is 81.0 cm³/mol. The van der Waals surface area contributed by atoms with Gasteiger partial charge >= 0.3 is 0 Å². The van der Waals surface area contributed by atoms with E-state index in [0.717, 1.165) is 42.0 Å². The molecule has 1 heterocycles. The molecule has 0 bridgehead atoms. The first kappa shape index (κ1) is 14.4. The van der Waals surface area contributed by atoms with E-state index >= 15 is 0 Å². The zero-order valence-corrected chi connectivity index (χ0v) is 12.7. The van der Waals surface area contributed by atoms with Crippen LogP contribution in [0.4, 0.5) is 0 Å². The third-order valence-corrected chi connectivity index (χ3v) is 5.01. The Morgan fingerprint density at radius 2 is 2.21 bits per heavy atom. The molecule has 1 saturated carbocycles. The molecule has 0 unspecified atom stereocenters. The first-order valence-electron chi connectivity index (χ1n) is 6.54. The van der Waals surface area contributed by atoms with Crippen molar-refractivity contribution in [2.45, 2.75) is 45.6 Å². The third kappa shape index (κ3) is 3.12. The number of nitrogens with two attached hydrogens (primary N) is 1. The lowest BCUT2D eigenvalue weighted by Gasteiger charge is -2.34. The first-order valence-corrected chi connectivity index (χ1v) is 7.76. The molecule has 1 aromatic heterocycles. The second-order valence-corrected chi connectivity index (χ2v) is 6.79. The molecule has 1 amide bonds. The highest BCUT2D eigenvalue weighted by atomic mass is 32.1. The fraction of sp³-hybridized carbons (Fsp3) is 0.615. The van der Waals surface area contributed by atoms with Gasteiger partial charge in [-0.1, -0.05) is 31.5 Å². The van der Waals surface area contributed by atoms with Crippen LogP contribution < -0.4 is 11.1 Å². The zero-order chi connectivity index (χ0) is 13.9. The number of nitrogens with zero attached hydrogens (tertiary/aromatic N) is 1. The molecular formula is C13H19N3OS2. The standard InChI is InChI=1S/C13H19N3OS2/c1-9-15-7-10(19-9)8-16-12(17)13(11(14)18)5-3-2-4-6-13/h7H,2-6,8H2,1H3,(H2,14,18)(H,16,17). The molecule has 0 aromatic carbocycles. The van der Waals surface area contributed by atoms with Crippen LogP contribution in [0.2, 0.25) is 0 Å². The second-order valence-electron chi connectivity index (χ2n) is 5.04. The molecule has 0 aliphatic heterocycles. The van der Waals surface area contributed by atoms with E-state index in [-0.39, 0.29) is 5.91 Å². The van der Waals surface area contributed by atoms with Crippen molar-refractivity contribution in [3.8, 4) is 0 Å². The van der Waals surface area contributed by atoms with Gasteiger partial charge in [0.15, 0.2) is 0 Å². The summed E-state index contributed by atoms with van der Waals surface area (Å²) in [6.07, 6.45) is 6.54. The van der Waals surface area contributed by atoms with Gasteiger partial charge in [-0.05, 0) is 19.8 Å². The van der Waals surface area contributed by atoms with Crippen LogP contribution in [-0.2, 0) is 11.3 Å². The third-order valence-electron chi connectivity index (χ3n) is 3.71. The highest BCUT2D eigenvalue weighted by Crippen LogP contribution is 2.37. The largest absolute Gasteiger partial charge is 0.392 e. The van der Waals surface area contributed by atoms with Gasteiger partial charge < -0.3 is 11.1 Å². The lowest BCUT2D eigenvalue weighted by Crippen LogP contribution is -2.49. The van der Waals surface area contributed by atoms with E-state index < -0.39 is 5.41 Å². The average molecular weight is 297 g/mol. The molecule has 3 N–H and O–H groups in total. The van der Waals surface area contributed by atoms with Crippen LogP contribution in [0.25, 0.3) is 0 Å². The van der Waals surface area contributed by atoms with Crippen molar-refractivity contribution in [3.05, 3.63) is 16.1 Å². The minimum absolute atomic E-state index is 0.0225. The number of nitrogens with one attached hydrogen (secondary N) is 1. The maximum absolute atomic E-state index is 12.4. The van der Waals surface area contributed by atoms with Crippen molar-refractivity contribution in [2.24, 2.45) is 11.1 Å². The summed E-state index contributed by atoms with van der Waals surface area (Å²) in [4.78, 5) is 18.0. The topological polar surface area (TPSA) is 68.0 Å². The fourth-order valence-electron chi connectivity index (χ4n) is 2.56. The molecule has 19 heavy (non-hydrogen) atoms. The fourth-order valence-corrected chi connectivity index (χ4v) is 3.60. The SMILES string of the molecule is Cc1ncc(CNC(=O)C2(C(N)=S)CCCCC2)s1. The molecule has 1 aromatic rings. The molecular weight excluding hydrogens is 278 g/mol. The molecule has 0 radical (unpaired) electrons. The van der Waals surface area contributed by atoms with Crippen molar-refractivity contribution >= 4 is 34.5 Å². The van der Waals surface area contributed by atoms with Crippen LogP contribution in [0, 0.1) is 12.3 Å². The van der Waals surface area contributed by atoms with Gasteiger partial charge in [0, 0.05) is 11.1 Å². The van der Waals surface area contributed by atoms with E-state index in [0.29, 0.717) is 11.5 Å². The summed E-state index contributed by atoms with van der Waals surface area (Å²) < 4.78 is 0. The highest BCUT2D eigenvalue weighted by Gasteiger charge is 2.42. The Morgan fingerprint density at radius 1 is 1.53 bits per heavy atom. The van der Waals surface area contributed by atoms with E-state index in [9.17, 15) is 4.79 Å². The molecule has 0 spiro atoms. The summed E-state index contributed by atoms with van der Waals surface area (Å²) in [6.45, 7) is 2.46. The Balaban J connectivity index is 2.02. The number of amides is 1. The second kappa shape index (κ2) is 5.96. The Bertz CT molecular complexity index is 478. The summed E-state index contributed by atoms with van der Waals surface area (Å²) in [5, 5.41) is 3.97. The van der Waals surface area contributed by atoms with Gasteiger partial charge in [-0.2, -0.15) is 0 Å². The minimum Gasteiger partial charge on any atom is -0.392 e. The summed E-state index contributed by atoms with van der Waals surface area (Å²) >= 11 is 6.74. The number of thiocarbonyl (C=S) groups is 1. The molecule has 0 atom stereocenters. The van der Waals surface area contributed by atoms with Gasteiger partial charge in [-0.3, -0.25) is 4.79 Å². The number of carbonyl (C=O) groups excluding carboxylic acids is 1. The number of hydrogen-bond acceptors (Lipinski definition) is 4. The van der Waals surface area contributed by atoms with Crippen LogP contribution in [-0.4, -0.2) is 15.9 Å². The van der Waals surface area contributed by atoms with Crippen molar-refractivity contribution in [3.63, 3.8) is 0 Å². The highest BCUT2D eigenvalue weighted by molar-refractivity contribution is 7.80. The monoisotopic (exact) mass is 297 g/mol. The van der Waals surface area contributed by atoms with Gasteiger partial charge in [-0.25, -0.2) is 4.98 Å². The Kier molecular flexibility index (Phi) is 4.52. The van der Waals surface area contributed by atoms with Crippen LogP contribution >= 0.6 is 23.6 Å². The maximum atomic E-state index is 12.4. The predicted octanol–water partition coefficient (Wildman–Crippen LogP) is 2.30. The number of hydrogen-bond donors (Lipinski definition) is 2. The number of rotatable bonds is 4. The van der Waals surface area contributed by atoms with E-state index in [1.54, 1.807) is 17.5 Å². The molecule has 6 heteroatoms.